The van der Waals surface area contributed by atoms with E-state index in [0.717, 1.165) is 20.6 Å². The molecule has 2 heterocycles. The van der Waals surface area contributed by atoms with Gasteiger partial charge in [0.05, 0.1) is 12.2 Å². The van der Waals surface area contributed by atoms with Crippen molar-refractivity contribution in [2.24, 2.45) is 0 Å². The number of halogens is 1. The maximum absolute atomic E-state index is 4.27. The van der Waals surface area contributed by atoms with Crippen molar-refractivity contribution in [3.8, 4) is 0 Å². The quantitative estimate of drug-likeness (QED) is 0.935. The lowest BCUT2D eigenvalue weighted by molar-refractivity contribution is 0.946. The summed E-state index contributed by atoms with van der Waals surface area (Å²) in [6.07, 6.45) is 1.75. The number of hydrogen-bond donors (Lipinski definition) is 1. The molecule has 0 saturated carbocycles. The van der Waals surface area contributed by atoms with Crippen LogP contribution in [0.3, 0.4) is 0 Å². The molecule has 0 aliphatic heterocycles. The average Bonchev–Trinajstić information content (AvgIpc) is 2.62. The van der Waals surface area contributed by atoms with Crippen LogP contribution in [0.1, 0.15) is 11.5 Å². The van der Waals surface area contributed by atoms with Gasteiger partial charge in [-0.1, -0.05) is 11.3 Å². The Morgan fingerprint density at radius 1 is 1.47 bits per heavy atom. The molecule has 7 heteroatoms. The Balaban J connectivity index is 1.99. The van der Waals surface area contributed by atoms with E-state index in [4.69, 9.17) is 0 Å². The van der Waals surface area contributed by atoms with Gasteiger partial charge in [-0.2, -0.15) is 0 Å². The Hall–Kier alpha value is -1.08. The number of aromatic nitrogens is 4. The molecular formula is C8H8BrN5S. The van der Waals surface area contributed by atoms with Gasteiger partial charge in [-0.15, -0.1) is 10.2 Å². The summed E-state index contributed by atoms with van der Waals surface area (Å²) in [7, 11) is 0. The van der Waals surface area contributed by atoms with Gasteiger partial charge in [0.15, 0.2) is 3.92 Å². The van der Waals surface area contributed by atoms with Gasteiger partial charge in [0.2, 0.25) is 5.13 Å². The average molecular weight is 286 g/mol. The molecule has 2 aromatic rings. The van der Waals surface area contributed by atoms with Crippen LogP contribution in [-0.4, -0.2) is 20.2 Å². The third kappa shape index (κ3) is 2.93. The second kappa shape index (κ2) is 4.63. The largest absolute Gasteiger partial charge is 0.354 e. The second-order valence-electron chi connectivity index (χ2n) is 2.81. The Morgan fingerprint density at radius 3 is 3.00 bits per heavy atom. The third-order valence-electron chi connectivity index (χ3n) is 1.65. The number of rotatable bonds is 3. The number of aryl methyl sites for hydroxylation is 1. The first-order valence-corrected chi connectivity index (χ1v) is 5.86. The monoisotopic (exact) mass is 285 g/mol. The van der Waals surface area contributed by atoms with Crippen LogP contribution in [-0.2, 0) is 6.54 Å². The summed E-state index contributed by atoms with van der Waals surface area (Å²) in [6, 6.07) is 1.87. The predicted molar refractivity (Wildman–Crippen MR) is 61.7 cm³/mol. The lowest BCUT2D eigenvalue weighted by Gasteiger charge is -2.01. The molecule has 0 bridgehead atoms. The Labute approximate surface area is 99.1 Å². The minimum atomic E-state index is 0.630. The molecule has 0 aliphatic carbocycles. The highest BCUT2D eigenvalue weighted by atomic mass is 79.9. The zero-order valence-electron chi connectivity index (χ0n) is 7.94. The molecule has 15 heavy (non-hydrogen) atoms. The number of anilines is 1. The Morgan fingerprint density at radius 2 is 2.33 bits per heavy atom. The van der Waals surface area contributed by atoms with Crippen molar-refractivity contribution in [3.63, 3.8) is 0 Å². The zero-order valence-corrected chi connectivity index (χ0v) is 10.3. The molecule has 78 valence electrons. The Bertz CT molecular complexity index is 458. The van der Waals surface area contributed by atoms with Crippen LogP contribution in [0.15, 0.2) is 16.2 Å². The molecule has 0 saturated heterocycles. The summed E-state index contributed by atoms with van der Waals surface area (Å²) in [5, 5.41) is 11.7. The number of nitrogens with zero attached hydrogens (tertiary/aromatic N) is 4. The minimum Gasteiger partial charge on any atom is -0.354 e. The maximum atomic E-state index is 4.27. The van der Waals surface area contributed by atoms with Crippen molar-refractivity contribution in [2.75, 3.05) is 5.32 Å². The lowest BCUT2D eigenvalue weighted by atomic mass is 10.4. The summed E-state index contributed by atoms with van der Waals surface area (Å²) in [5.41, 5.74) is 0.939. The molecule has 0 aliphatic rings. The highest BCUT2D eigenvalue weighted by Gasteiger charge is 2.01. The molecule has 0 atom stereocenters. The SMILES string of the molecule is Cc1nccc(CNc2nnc(Br)s2)n1. The molecule has 2 rings (SSSR count). The van der Waals surface area contributed by atoms with Gasteiger partial charge in [-0.25, -0.2) is 9.97 Å². The van der Waals surface area contributed by atoms with E-state index < -0.39 is 0 Å². The minimum absolute atomic E-state index is 0.630. The summed E-state index contributed by atoms with van der Waals surface area (Å²) in [6.45, 7) is 2.50. The normalized spacial score (nSPS) is 10.3. The molecular weight excluding hydrogens is 278 g/mol. The van der Waals surface area contributed by atoms with Crippen LogP contribution in [0.5, 0.6) is 0 Å². The van der Waals surface area contributed by atoms with Gasteiger partial charge in [-0.3, -0.25) is 0 Å². The summed E-state index contributed by atoms with van der Waals surface area (Å²) >= 11 is 4.70. The van der Waals surface area contributed by atoms with Crippen molar-refractivity contribution in [1.29, 1.82) is 0 Å². The summed E-state index contributed by atoms with van der Waals surface area (Å²) in [5.74, 6) is 0.771. The van der Waals surface area contributed by atoms with Crippen LogP contribution >= 0.6 is 27.3 Å². The molecule has 0 aromatic carbocycles. The van der Waals surface area contributed by atoms with Gasteiger partial charge >= 0.3 is 0 Å². The summed E-state index contributed by atoms with van der Waals surface area (Å²) < 4.78 is 0.767. The lowest BCUT2D eigenvalue weighted by Crippen LogP contribution is -2.02. The number of nitrogens with one attached hydrogen (secondary N) is 1. The fourth-order valence-corrected chi connectivity index (χ4v) is 2.05. The van der Waals surface area contributed by atoms with Gasteiger partial charge in [0.25, 0.3) is 0 Å². The Kier molecular flexibility index (Phi) is 3.22. The van der Waals surface area contributed by atoms with E-state index in [9.17, 15) is 0 Å². The van der Waals surface area contributed by atoms with E-state index in [-0.39, 0.29) is 0 Å². The standard InChI is InChI=1S/C8H8BrN5S/c1-5-10-3-2-6(12-5)4-11-8-14-13-7(9)15-8/h2-3H,4H2,1H3,(H,11,14). The van der Waals surface area contributed by atoms with Crippen LogP contribution in [0.4, 0.5) is 5.13 Å². The molecule has 0 radical (unpaired) electrons. The van der Waals surface area contributed by atoms with E-state index >= 15 is 0 Å². The van der Waals surface area contributed by atoms with Crippen molar-refractivity contribution >= 4 is 32.4 Å². The van der Waals surface area contributed by atoms with Gasteiger partial charge in [-0.05, 0) is 28.9 Å². The zero-order chi connectivity index (χ0) is 10.7. The van der Waals surface area contributed by atoms with Crippen LogP contribution in [0.2, 0.25) is 0 Å². The summed E-state index contributed by atoms with van der Waals surface area (Å²) in [4.78, 5) is 8.29. The van der Waals surface area contributed by atoms with Gasteiger partial charge in [0.1, 0.15) is 5.82 Å². The van der Waals surface area contributed by atoms with Crippen molar-refractivity contribution < 1.29 is 0 Å². The van der Waals surface area contributed by atoms with Crippen molar-refractivity contribution in [2.45, 2.75) is 13.5 Å². The third-order valence-corrected chi connectivity index (χ3v) is 2.97. The topological polar surface area (TPSA) is 63.6 Å². The van der Waals surface area contributed by atoms with Crippen LogP contribution < -0.4 is 5.32 Å². The fraction of sp³-hybridized carbons (Fsp3) is 0.250. The molecule has 0 spiro atoms. The number of hydrogen-bond acceptors (Lipinski definition) is 6. The van der Waals surface area contributed by atoms with E-state index in [1.807, 2.05) is 13.0 Å². The molecule has 0 fully saturated rings. The molecule has 1 N–H and O–H groups in total. The van der Waals surface area contributed by atoms with Crippen molar-refractivity contribution in [1.82, 2.24) is 20.2 Å². The highest BCUT2D eigenvalue weighted by molar-refractivity contribution is 9.11. The first-order chi connectivity index (χ1) is 7.24. The highest BCUT2D eigenvalue weighted by Crippen LogP contribution is 2.20. The predicted octanol–water partition coefficient (Wildman–Crippen LogP) is 2.01. The molecule has 0 unspecified atom stereocenters. The van der Waals surface area contributed by atoms with Gasteiger partial charge in [0, 0.05) is 6.20 Å². The van der Waals surface area contributed by atoms with Crippen LogP contribution in [0, 0.1) is 6.92 Å². The first-order valence-electron chi connectivity index (χ1n) is 4.25. The maximum Gasteiger partial charge on any atom is 0.206 e. The van der Waals surface area contributed by atoms with E-state index in [1.54, 1.807) is 6.20 Å². The molecule has 0 amide bonds. The molecule has 5 nitrogen and oxygen atoms in total. The van der Waals surface area contributed by atoms with E-state index in [2.05, 4.69) is 41.4 Å². The first kappa shape index (κ1) is 10.4. The van der Waals surface area contributed by atoms with E-state index in [1.165, 1.54) is 11.3 Å². The fourth-order valence-electron chi connectivity index (χ4n) is 1.05. The van der Waals surface area contributed by atoms with Crippen molar-refractivity contribution in [3.05, 3.63) is 27.7 Å². The van der Waals surface area contributed by atoms with Gasteiger partial charge < -0.3 is 5.32 Å². The van der Waals surface area contributed by atoms with E-state index in [0.29, 0.717) is 6.54 Å². The smallest absolute Gasteiger partial charge is 0.206 e. The van der Waals surface area contributed by atoms with Crippen LogP contribution in [0.25, 0.3) is 0 Å². The molecule has 2 aromatic heterocycles. The second-order valence-corrected chi connectivity index (χ2v) is 5.06.